The summed E-state index contributed by atoms with van der Waals surface area (Å²) in [7, 11) is 1.47. The average Bonchev–Trinajstić information content (AvgIpc) is 2.40. The molecule has 1 aromatic carbocycles. The molecule has 1 heterocycles. The summed E-state index contributed by atoms with van der Waals surface area (Å²) in [5.41, 5.74) is 1.17. The Morgan fingerprint density at radius 3 is 2.76 bits per heavy atom. The number of carbonyl (C=O) groups is 2. The number of piperidine rings is 1. The van der Waals surface area contributed by atoms with Crippen molar-refractivity contribution in [1.29, 1.82) is 0 Å². The van der Waals surface area contributed by atoms with Gasteiger partial charge < -0.3 is 15.4 Å². The van der Waals surface area contributed by atoms with Crippen LogP contribution in [0.2, 0.25) is 0 Å². The van der Waals surface area contributed by atoms with E-state index in [2.05, 4.69) is 10.6 Å². The molecule has 2 atom stereocenters. The van der Waals surface area contributed by atoms with Gasteiger partial charge in [-0.05, 0) is 24.1 Å². The number of aryl methyl sites for hydroxylation is 1. The second kappa shape index (κ2) is 6.11. The van der Waals surface area contributed by atoms with E-state index in [9.17, 15) is 14.0 Å². The zero-order valence-corrected chi connectivity index (χ0v) is 12.3. The van der Waals surface area contributed by atoms with Gasteiger partial charge in [0.05, 0.1) is 13.2 Å². The normalized spacial score (nSPS) is 21.6. The maximum atomic E-state index is 14.4. The van der Waals surface area contributed by atoms with Crippen LogP contribution in [-0.2, 0) is 9.59 Å². The Balaban J connectivity index is 2.40. The van der Waals surface area contributed by atoms with Crippen molar-refractivity contribution in [2.45, 2.75) is 32.2 Å². The summed E-state index contributed by atoms with van der Waals surface area (Å²) in [5, 5.41) is 5.48. The van der Waals surface area contributed by atoms with Gasteiger partial charge in [0.2, 0.25) is 11.8 Å². The number of rotatable bonds is 3. The zero-order valence-electron chi connectivity index (χ0n) is 12.3. The van der Waals surface area contributed by atoms with Crippen molar-refractivity contribution in [1.82, 2.24) is 10.6 Å². The third kappa shape index (κ3) is 3.32. The molecule has 2 N–H and O–H groups in total. The van der Waals surface area contributed by atoms with Crippen LogP contribution in [-0.4, -0.2) is 31.5 Å². The Kier molecular flexibility index (Phi) is 4.45. The highest BCUT2D eigenvalue weighted by molar-refractivity contribution is 5.79. The summed E-state index contributed by atoms with van der Waals surface area (Å²) in [5.74, 6) is -0.704. The maximum absolute atomic E-state index is 14.4. The van der Waals surface area contributed by atoms with Crippen LogP contribution in [0.3, 0.4) is 0 Å². The highest BCUT2D eigenvalue weighted by Crippen LogP contribution is 2.33. The van der Waals surface area contributed by atoms with E-state index < -0.39 is 5.82 Å². The SMILES string of the molecule is COc1cc(C)c([C@@H]2CC(=O)NC[C@H]2NC(C)=O)c(F)c1. The van der Waals surface area contributed by atoms with Crippen LogP contribution in [0, 0.1) is 12.7 Å². The van der Waals surface area contributed by atoms with Crippen molar-refractivity contribution >= 4 is 11.8 Å². The van der Waals surface area contributed by atoms with Crippen molar-refractivity contribution in [3.63, 3.8) is 0 Å². The van der Waals surface area contributed by atoms with E-state index in [-0.39, 0.29) is 30.2 Å². The lowest BCUT2D eigenvalue weighted by Crippen LogP contribution is -2.51. The van der Waals surface area contributed by atoms with E-state index in [0.29, 0.717) is 23.4 Å². The standard InChI is InChI=1S/C15H19FN2O3/c1-8-4-10(21-3)5-12(16)15(8)11-6-14(20)17-7-13(11)18-9(2)19/h4-5,11,13H,6-7H2,1-3H3,(H,17,20)(H,18,19)/t11-,13-/m1/s1. The minimum absolute atomic E-state index is 0.142. The maximum Gasteiger partial charge on any atom is 0.220 e. The van der Waals surface area contributed by atoms with Crippen molar-refractivity contribution < 1.29 is 18.7 Å². The van der Waals surface area contributed by atoms with E-state index in [0.717, 1.165) is 0 Å². The first-order chi connectivity index (χ1) is 9.92. The third-order valence-electron chi connectivity index (χ3n) is 3.72. The largest absolute Gasteiger partial charge is 0.497 e. The summed E-state index contributed by atoms with van der Waals surface area (Å²) in [6.45, 7) is 3.48. The van der Waals surface area contributed by atoms with Crippen LogP contribution in [0.15, 0.2) is 12.1 Å². The van der Waals surface area contributed by atoms with Gasteiger partial charge in [-0.25, -0.2) is 4.39 Å². The number of methoxy groups -OCH3 is 1. The predicted octanol–water partition coefficient (Wildman–Crippen LogP) is 1.25. The number of amides is 2. The number of halogens is 1. The molecule has 0 bridgehead atoms. The second-order valence-corrected chi connectivity index (χ2v) is 5.26. The Morgan fingerprint density at radius 1 is 1.48 bits per heavy atom. The van der Waals surface area contributed by atoms with Gasteiger partial charge in [0.25, 0.3) is 0 Å². The van der Waals surface area contributed by atoms with Crippen LogP contribution in [0.25, 0.3) is 0 Å². The molecule has 1 fully saturated rings. The van der Waals surface area contributed by atoms with Crippen molar-refractivity contribution in [2.24, 2.45) is 0 Å². The predicted molar refractivity (Wildman–Crippen MR) is 75.7 cm³/mol. The smallest absolute Gasteiger partial charge is 0.220 e. The molecule has 2 amide bonds. The fraction of sp³-hybridized carbons (Fsp3) is 0.467. The van der Waals surface area contributed by atoms with Crippen molar-refractivity contribution in [3.05, 3.63) is 29.1 Å². The van der Waals surface area contributed by atoms with Gasteiger partial charge in [0.1, 0.15) is 11.6 Å². The van der Waals surface area contributed by atoms with E-state index in [1.807, 2.05) is 0 Å². The van der Waals surface area contributed by atoms with E-state index in [1.165, 1.54) is 20.1 Å². The molecule has 6 heteroatoms. The van der Waals surface area contributed by atoms with Gasteiger partial charge in [-0.15, -0.1) is 0 Å². The minimum atomic E-state index is -0.415. The van der Waals surface area contributed by atoms with Gasteiger partial charge in [0, 0.05) is 31.9 Å². The third-order valence-corrected chi connectivity index (χ3v) is 3.72. The summed E-state index contributed by atoms with van der Waals surface area (Å²) >= 11 is 0. The molecule has 1 aliphatic heterocycles. The van der Waals surface area contributed by atoms with E-state index in [4.69, 9.17) is 4.74 Å². The highest BCUT2D eigenvalue weighted by Gasteiger charge is 2.33. The summed E-state index contributed by atoms with van der Waals surface area (Å²) in [4.78, 5) is 23.0. The Morgan fingerprint density at radius 2 is 2.19 bits per heavy atom. The Labute approximate surface area is 122 Å². The van der Waals surface area contributed by atoms with Gasteiger partial charge in [0.15, 0.2) is 0 Å². The number of ether oxygens (including phenoxy) is 1. The van der Waals surface area contributed by atoms with Gasteiger partial charge >= 0.3 is 0 Å². The summed E-state index contributed by atoms with van der Waals surface area (Å²) in [6, 6.07) is 2.72. The molecule has 1 aromatic rings. The van der Waals surface area contributed by atoms with E-state index in [1.54, 1.807) is 13.0 Å². The fourth-order valence-electron chi connectivity index (χ4n) is 2.81. The Bertz CT molecular complexity index is 551. The summed E-state index contributed by atoms with van der Waals surface area (Å²) < 4.78 is 19.4. The quantitative estimate of drug-likeness (QED) is 0.881. The molecule has 0 saturated carbocycles. The molecule has 0 unspecified atom stereocenters. The first kappa shape index (κ1) is 15.3. The number of carbonyl (C=O) groups excluding carboxylic acids is 2. The van der Waals surface area contributed by atoms with Gasteiger partial charge in [-0.3, -0.25) is 9.59 Å². The lowest BCUT2D eigenvalue weighted by atomic mass is 9.83. The molecule has 0 aromatic heterocycles. The molecular formula is C15H19FN2O3. The summed E-state index contributed by atoms with van der Waals surface area (Å²) in [6.07, 6.45) is 0.148. The van der Waals surface area contributed by atoms with Crippen LogP contribution >= 0.6 is 0 Å². The van der Waals surface area contributed by atoms with Crippen molar-refractivity contribution in [3.8, 4) is 5.75 Å². The highest BCUT2D eigenvalue weighted by atomic mass is 19.1. The number of nitrogens with one attached hydrogen (secondary N) is 2. The molecular weight excluding hydrogens is 275 g/mol. The molecule has 21 heavy (non-hydrogen) atoms. The van der Waals surface area contributed by atoms with Gasteiger partial charge in [-0.1, -0.05) is 0 Å². The minimum Gasteiger partial charge on any atom is -0.497 e. The molecule has 2 rings (SSSR count). The molecule has 0 radical (unpaired) electrons. The lowest BCUT2D eigenvalue weighted by molar-refractivity contribution is -0.125. The molecule has 5 nitrogen and oxygen atoms in total. The molecule has 1 aliphatic rings. The monoisotopic (exact) mass is 294 g/mol. The fourth-order valence-corrected chi connectivity index (χ4v) is 2.81. The Hall–Kier alpha value is -2.11. The average molecular weight is 294 g/mol. The van der Waals surface area contributed by atoms with E-state index >= 15 is 0 Å². The van der Waals surface area contributed by atoms with Crippen LogP contribution in [0.5, 0.6) is 5.75 Å². The molecule has 1 saturated heterocycles. The first-order valence-corrected chi connectivity index (χ1v) is 6.80. The molecule has 0 aliphatic carbocycles. The first-order valence-electron chi connectivity index (χ1n) is 6.80. The molecule has 114 valence electrons. The number of hydrogen-bond acceptors (Lipinski definition) is 3. The number of hydrogen-bond donors (Lipinski definition) is 2. The topological polar surface area (TPSA) is 67.4 Å². The van der Waals surface area contributed by atoms with Crippen LogP contribution < -0.4 is 15.4 Å². The zero-order chi connectivity index (χ0) is 15.6. The van der Waals surface area contributed by atoms with Crippen molar-refractivity contribution in [2.75, 3.05) is 13.7 Å². The lowest BCUT2D eigenvalue weighted by Gasteiger charge is -2.33. The van der Waals surface area contributed by atoms with Crippen LogP contribution in [0.4, 0.5) is 4.39 Å². The second-order valence-electron chi connectivity index (χ2n) is 5.26. The molecule has 0 spiro atoms. The number of benzene rings is 1. The van der Waals surface area contributed by atoms with Crippen LogP contribution in [0.1, 0.15) is 30.4 Å². The van der Waals surface area contributed by atoms with Gasteiger partial charge in [-0.2, -0.15) is 0 Å².